The molecule has 2 N–H and O–H groups in total. The highest BCUT2D eigenvalue weighted by atomic mass is 16.2. The zero-order valence-corrected chi connectivity index (χ0v) is 12.2. The predicted molar refractivity (Wildman–Crippen MR) is 84.3 cm³/mol. The summed E-state index contributed by atoms with van der Waals surface area (Å²) in [5.41, 5.74) is 1.69. The zero-order chi connectivity index (χ0) is 14.7. The van der Waals surface area contributed by atoms with E-state index in [1.54, 1.807) is 6.20 Å². The van der Waals surface area contributed by atoms with Crippen LogP contribution in [0, 0.1) is 0 Å². The van der Waals surface area contributed by atoms with E-state index in [2.05, 4.69) is 20.5 Å². The van der Waals surface area contributed by atoms with Gasteiger partial charge in [0.2, 0.25) is 5.91 Å². The third-order valence-electron chi connectivity index (χ3n) is 3.94. The molecule has 0 aliphatic carbocycles. The molecule has 1 amide bonds. The Balaban J connectivity index is 1.70. The van der Waals surface area contributed by atoms with Gasteiger partial charge in [-0.1, -0.05) is 18.2 Å². The van der Waals surface area contributed by atoms with E-state index < -0.39 is 0 Å². The van der Waals surface area contributed by atoms with E-state index in [4.69, 9.17) is 0 Å². The maximum atomic E-state index is 12.3. The van der Waals surface area contributed by atoms with Crippen molar-refractivity contribution in [2.45, 2.75) is 13.0 Å². The summed E-state index contributed by atoms with van der Waals surface area (Å²) in [7, 11) is 0. The molecule has 1 aliphatic rings. The minimum absolute atomic E-state index is 0.0222. The molecule has 2 heterocycles. The largest absolute Gasteiger partial charge is 0.323 e. The van der Waals surface area contributed by atoms with Crippen LogP contribution in [0.4, 0.5) is 5.69 Å². The van der Waals surface area contributed by atoms with E-state index >= 15 is 0 Å². The number of pyridine rings is 1. The van der Waals surface area contributed by atoms with Crippen LogP contribution in [0.15, 0.2) is 36.5 Å². The minimum atomic E-state index is -0.126. The fourth-order valence-electron chi connectivity index (χ4n) is 2.62. The minimum Gasteiger partial charge on any atom is -0.323 e. The first-order chi connectivity index (χ1) is 10.2. The van der Waals surface area contributed by atoms with Crippen LogP contribution in [0.5, 0.6) is 0 Å². The van der Waals surface area contributed by atoms with E-state index in [1.807, 2.05) is 37.3 Å². The summed E-state index contributed by atoms with van der Waals surface area (Å²) in [6.07, 6.45) is 1.71. The number of hydrogen-bond acceptors (Lipinski definition) is 4. The van der Waals surface area contributed by atoms with Gasteiger partial charge in [0, 0.05) is 31.6 Å². The maximum absolute atomic E-state index is 12.3. The number of nitrogens with zero attached hydrogens (tertiary/aromatic N) is 2. The monoisotopic (exact) mass is 284 g/mol. The Kier molecular flexibility index (Phi) is 4.13. The second-order valence-corrected chi connectivity index (χ2v) is 5.37. The molecule has 1 aromatic carbocycles. The van der Waals surface area contributed by atoms with Crippen molar-refractivity contribution in [3.05, 3.63) is 36.5 Å². The van der Waals surface area contributed by atoms with Crippen LogP contribution in [-0.4, -0.2) is 48.0 Å². The second-order valence-electron chi connectivity index (χ2n) is 5.37. The molecule has 2 aromatic rings. The molecular weight excluding hydrogens is 264 g/mol. The fraction of sp³-hybridized carbons (Fsp3) is 0.375. The Morgan fingerprint density at radius 3 is 2.90 bits per heavy atom. The third-order valence-corrected chi connectivity index (χ3v) is 3.94. The van der Waals surface area contributed by atoms with Crippen molar-refractivity contribution in [2.75, 3.05) is 31.5 Å². The van der Waals surface area contributed by atoms with Crippen molar-refractivity contribution in [3.63, 3.8) is 0 Å². The van der Waals surface area contributed by atoms with Crippen LogP contribution in [0.3, 0.4) is 0 Å². The molecule has 0 bridgehead atoms. The Morgan fingerprint density at radius 2 is 2.10 bits per heavy atom. The first-order valence-electron chi connectivity index (χ1n) is 7.34. The first kappa shape index (κ1) is 14.0. The number of anilines is 1. The number of para-hydroxylation sites is 1. The lowest BCUT2D eigenvalue weighted by Crippen LogP contribution is -2.51. The molecule has 5 heteroatoms. The van der Waals surface area contributed by atoms with E-state index in [-0.39, 0.29) is 11.9 Å². The zero-order valence-electron chi connectivity index (χ0n) is 12.2. The van der Waals surface area contributed by atoms with Gasteiger partial charge < -0.3 is 10.6 Å². The van der Waals surface area contributed by atoms with Crippen molar-refractivity contribution in [3.8, 4) is 0 Å². The smallest absolute Gasteiger partial charge is 0.241 e. The van der Waals surface area contributed by atoms with E-state index in [9.17, 15) is 4.79 Å². The van der Waals surface area contributed by atoms with Crippen molar-refractivity contribution < 1.29 is 4.79 Å². The average molecular weight is 284 g/mol. The van der Waals surface area contributed by atoms with Gasteiger partial charge in [0.05, 0.1) is 23.4 Å². The summed E-state index contributed by atoms with van der Waals surface area (Å²) in [5.74, 6) is 0.0222. The van der Waals surface area contributed by atoms with Gasteiger partial charge >= 0.3 is 0 Å². The maximum Gasteiger partial charge on any atom is 0.241 e. The summed E-state index contributed by atoms with van der Waals surface area (Å²) in [6, 6.07) is 9.73. The van der Waals surface area contributed by atoms with Crippen LogP contribution in [0.1, 0.15) is 6.92 Å². The highest BCUT2D eigenvalue weighted by Crippen LogP contribution is 2.16. The van der Waals surface area contributed by atoms with Crippen LogP contribution >= 0.6 is 0 Å². The molecule has 1 aliphatic heterocycles. The number of piperazine rings is 1. The van der Waals surface area contributed by atoms with Gasteiger partial charge in [-0.05, 0) is 19.1 Å². The normalized spacial score (nSPS) is 17.6. The average Bonchev–Trinajstić information content (AvgIpc) is 2.55. The number of hydrogen-bond donors (Lipinski definition) is 2. The van der Waals surface area contributed by atoms with Gasteiger partial charge in [0.15, 0.2) is 0 Å². The summed E-state index contributed by atoms with van der Waals surface area (Å²) in [6.45, 7) is 5.65. The molecule has 5 nitrogen and oxygen atoms in total. The molecule has 110 valence electrons. The molecule has 0 spiro atoms. The van der Waals surface area contributed by atoms with Gasteiger partial charge in [0.1, 0.15) is 0 Å². The second kappa shape index (κ2) is 6.20. The van der Waals surface area contributed by atoms with E-state index in [0.29, 0.717) is 0 Å². The number of amides is 1. The number of rotatable bonds is 3. The number of carbonyl (C=O) groups excluding carboxylic acids is 1. The van der Waals surface area contributed by atoms with Crippen LogP contribution in [0.25, 0.3) is 10.9 Å². The lowest BCUT2D eigenvalue weighted by molar-refractivity contribution is -0.120. The Bertz CT molecular complexity index is 637. The third kappa shape index (κ3) is 3.20. The van der Waals surface area contributed by atoms with Gasteiger partial charge in [-0.25, -0.2) is 0 Å². The molecule has 21 heavy (non-hydrogen) atoms. The molecular formula is C16H20N4O. The number of benzene rings is 1. The Morgan fingerprint density at radius 1 is 1.33 bits per heavy atom. The van der Waals surface area contributed by atoms with Gasteiger partial charge in [-0.2, -0.15) is 0 Å². The van der Waals surface area contributed by atoms with E-state index in [0.717, 1.165) is 42.8 Å². The summed E-state index contributed by atoms with van der Waals surface area (Å²) < 4.78 is 0. The van der Waals surface area contributed by atoms with Gasteiger partial charge in [0.25, 0.3) is 0 Å². The highest BCUT2D eigenvalue weighted by molar-refractivity contribution is 5.96. The van der Waals surface area contributed by atoms with Crippen LogP contribution in [0.2, 0.25) is 0 Å². The lowest BCUT2D eigenvalue weighted by atomic mass is 10.2. The Labute approximate surface area is 124 Å². The Hall–Kier alpha value is -1.98. The quantitative estimate of drug-likeness (QED) is 0.896. The molecule has 1 unspecified atom stereocenters. The predicted octanol–water partition coefficient (Wildman–Crippen LogP) is 1.47. The molecule has 3 rings (SSSR count). The van der Waals surface area contributed by atoms with Crippen molar-refractivity contribution >= 4 is 22.5 Å². The SMILES string of the molecule is CC(C(=O)Nc1cnc2ccccc2c1)N1CCNCC1. The molecule has 0 saturated carbocycles. The molecule has 1 fully saturated rings. The van der Waals surface area contributed by atoms with Crippen LogP contribution < -0.4 is 10.6 Å². The topological polar surface area (TPSA) is 57.3 Å². The number of nitrogens with one attached hydrogen (secondary N) is 2. The first-order valence-corrected chi connectivity index (χ1v) is 7.34. The van der Waals surface area contributed by atoms with Crippen LogP contribution in [-0.2, 0) is 4.79 Å². The summed E-state index contributed by atoms with van der Waals surface area (Å²) in [5, 5.41) is 7.30. The fourth-order valence-corrected chi connectivity index (χ4v) is 2.62. The standard InChI is InChI=1S/C16H20N4O/c1-12(20-8-6-17-7-9-20)16(21)19-14-10-13-4-2-3-5-15(13)18-11-14/h2-5,10-12,17H,6-9H2,1H3,(H,19,21). The molecule has 1 aromatic heterocycles. The number of aromatic nitrogens is 1. The molecule has 0 radical (unpaired) electrons. The summed E-state index contributed by atoms with van der Waals surface area (Å²) in [4.78, 5) is 18.9. The number of carbonyl (C=O) groups is 1. The van der Waals surface area contributed by atoms with Crippen molar-refractivity contribution in [2.24, 2.45) is 0 Å². The number of fused-ring (bicyclic) bond motifs is 1. The summed E-state index contributed by atoms with van der Waals surface area (Å²) >= 11 is 0. The van der Waals surface area contributed by atoms with E-state index in [1.165, 1.54) is 0 Å². The van der Waals surface area contributed by atoms with Gasteiger partial charge in [-0.15, -0.1) is 0 Å². The van der Waals surface area contributed by atoms with Gasteiger partial charge in [-0.3, -0.25) is 14.7 Å². The van der Waals surface area contributed by atoms with Crippen molar-refractivity contribution in [1.29, 1.82) is 0 Å². The molecule has 1 saturated heterocycles. The highest BCUT2D eigenvalue weighted by Gasteiger charge is 2.22. The van der Waals surface area contributed by atoms with Crippen molar-refractivity contribution in [1.82, 2.24) is 15.2 Å². The lowest BCUT2D eigenvalue weighted by Gasteiger charge is -2.31. The molecule has 1 atom stereocenters.